The number of rotatable bonds is 13. The van der Waals surface area contributed by atoms with Crippen LogP contribution in [0.5, 0.6) is 0 Å². The molecule has 12 nitrogen and oxygen atoms in total. The molecule has 10 unspecified atom stereocenters. The third-order valence-corrected chi connectivity index (χ3v) is 10.3. The van der Waals surface area contributed by atoms with E-state index < -0.39 is 47.7 Å². The van der Waals surface area contributed by atoms with Crippen molar-refractivity contribution in [1.29, 1.82) is 0 Å². The normalized spacial score (nSPS) is 33.9. The number of hydrogen-bond acceptors (Lipinski definition) is 11. The van der Waals surface area contributed by atoms with Crippen molar-refractivity contribution in [1.82, 2.24) is 9.80 Å². The third kappa shape index (κ3) is 12.4. The average Bonchev–Trinajstić information content (AvgIpc) is 3.83. The molecule has 3 aliphatic heterocycles. The Morgan fingerprint density at radius 2 is 1.92 bits per heavy atom. The third-order valence-electron chi connectivity index (χ3n) is 10.3. The first-order valence-corrected chi connectivity index (χ1v) is 17.8. The minimum absolute atomic E-state index is 0.00685. The first kappa shape index (κ1) is 41.1. The van der Waals surface area contributed by atoms with E-state index in [1.807, 2.05) is 40.7 Å². The van der Waals surface area contributed by atoms with Crippen LogP contribution in [0, 0.1) is 11.8 Å². The Labute approximate surface area is 293 Å². The van der Waals surface area contributed by atoms with Crippen LogP contribution in [0.15, 0.2) is 36.0 Å². The van der Waals surface area contributed by atoms with E-state index in [0.29, 0.717) is 39.0 Å². The molecule has 280 valence electrons. The van der Waals surface area contributed by atoms with Gasteiger partial charge in [0.2, 0.25) is 0 Å². The summed E-state index contributed by atoms with van der Waals surface area (Å²) in [5.74, 6) is -0.855. The first-order chi connectivity index (χ1) is 23.1. The summed E-state index contributed by atoms with van der Waals surface area (Å²) in [5, 5.41) is 32.0. The van der Waals surface area contributed by atoms with Crippen LogP contribution in [-0.4, -0.2) is 139 Å². The molecule has 0 radical (unpaired) electrons. The van der Waals surface area contributed by atoms with E-state index in [2.05, 4.69) is 4.90 Å². The van der Waals surface area contributed by atoms with Crippen molar-refractivity contribution in [2.75, 3.05) is 53.6 Å². The molecule has 2 fully saturated rings. The Hall–Kier alpha value is -2.32. The van der Waals surface area contributed by atoms with Gasteiger partial charge in [-0.3, -0.25) is 9.69 Å². The van der Waals surface area contributed by atoms with Crippen LogP contribution in [-0.2, 0) is 28.5 Å². The Balaban J connectivity index is 1.75. The minimum Gasteiger partial charge on any atom is -0.457 e. The molecular formula is C37H62N2O10. The molecule has 3 rings (SSSR count). The number of piperazine rings is 1. The summed E-state index contributed by atoms with van der Waals surface area (Å²) < 4.78 is 28.9. The lowest BCUT2D eigenvalue weighted by atomic mass is 9.88. The summed E-state index contributed by atoms with van der Waals surface area (Å²) in [7, 11) is 3.23. The number of amides is 1. The molecule has 3 heterocycles. The molecule has 0 saturated carbocycles. The lowest BCUT2D eigenvalue weighted by Crippen LogP contribution is -2.52. The van der Waals surface area contributed by atoms with E-state index >= 15 is 0 Å². The minimum atomic E-state index is -1.15. The number of hydrogen-bond donors (Lipinski definition) is 3. The van der Waals surface area contributed by atoms with Gasteiger partial charge in [-0.1, -0.05) is 45.1 Å². The van der Waals surface area contributed by atoms with Crippen LogP contribution in [0.4, 0.5) is 4.79 Å². The lowest BCUT2D eigenvalue weighted by Gasteiger charge is -2.38. The summed E-state index contributed by atoms with van der Waals surface area (Å²) in [6.45, 7) is 15.2. The molecule has 1 amide bonds. The molecule has 49 heavy (non-hydrogen) atoms. The zero-order chi connectivity index (χ0) is 36.4. The molecule has 0 aromatic carbocycles. The highest BCUT2D eigenvalue weighted by Crippen LogP contribution is 2.37. The summed E-state index contributed by atoms with van der Waals surface area (Å²) in [5.41, 5.74) is -1.37. The van der Waals surface area contributed by atoms with Gasteiger partial charge in [-0.25, -0.2) is 4.79 Å². The summed E-state index contributed by atoms with van der Waals surface area (Å²) in [4.78, 5) is 30.3. The SMILES string of the molecule is CCC(O)C(C)C1OC1CC(C)(O)/C=C/C=C(\C)C1OC(=O)CC(O)CCC(C)(OC)C(OC(=O)N2CCN(CCOC)CC2)/C=C/C1C. The fraction of sp³-hybridized carbons (Fsp3) is 0.784. The van der Waals surface area contributed by atoms with Crippen molar-refractivity contribution in [3.05, 3.63) is 36.0 Å². The van der Waals surface area contributed by atoms with Crippen molar-refractivity contribution in [2.45, 2.75) is 121 Å². The fourth-order valence-electron chi connectivity index (χ4n) is 6.57. The van der Waals surface area contributed by atoms with Gasteiger partial charge in [0.15, 0.2) is 6.10 Å². The number of cyclic esters (lactones) is 1. The number of ether oxygens (including phenoxy) is 5. The Bertz CT molecular complexity index is 1150. The number of methoxy groups -OCH3 is 2. The average molecular weight is 695 g/mol. The molecule has 3 aliphatic rings. The monoisotopic (exact) mass is 694 g/mol. The second-order valence-corrected chi connectivity index (χ2v) is 14.5. The first-order valence-electron chi connectivity index (χ1n) is 17.8. The van der Waals surface area contributed by atoms with Crippen molar-refractivity contribution >= 4 is 12.1 Å². The van der Waals surface area contributed by atoms with Crippen LogP contribution >= 0.6 is 0 Å². The van der Waals surface area contributed by atoms with E-state index in [0.717, 1.165) is 25.2 Å². The van der Waals surface area contributed by atoms with E-state index in [4.69, 9.17) is 23.7 Å². The Morgan fingerprint density at radius 1 is 1.22 bits per heavy atom. The highest BCUT2D eigenvalue weighted by atomic mass is 16.6. The molecule has 0 aliphatic carbocycles. The summed E-state index contributed by atoms with van der Waals surface area (Å²) in [6, 6.07) is 0. The van der Waals surface area contributed by atoms with E-state index in [1.165, 1.54) is 0 Å². The van der Waals surface area contributed by atoms with Crippen molar-refractivity contribution in [2.24, 2.45) is 11.8 Å². The van der Waals surface area contributed by atoms with Gasteiger partial charge in [-0.15, -0.1) is 0 Å². The zero-order valence-electron chi connectivity index (χ0n) is 30.9. The van der Waals surface area contributed by atoms with Gasteiger partial charge in [0.1, 0.15) is 11.7 Å². The molecule has 0 aromatic heterocycles. The second kappa shape index (κ2) is 18.8. The maximum absolute atomic E-state index is 13.4. The predicted octanol–water partition coefficient (Wildman–Crippen LogP) is 3.63. The van der Waals surface area contributed by atoms with Gasteiger partial charge in [-0.2, -0.15) is 0 Å². The number of nitrogens with zero attached hydrogens (tertiary/aromatic N) is 2. The van der Waals surface area contributed by atoms with E-state index in [1.54, 1.807) is 50.3 Å². The molecule has 10 atom stereocenters. The van der Waals surface area contributed by atoms with Crippen LogP contribution in [0.2, 0.25) is 0 Å². The molecule has 0 spiro atoms. The van der Waals surface area contributed by atoms with Gasteiger partial charge in [-0.05, 0) is 51.7 Å². The topological polar surface area (TPSA) is 151 Å². The second-order valence-electron chi connectivity index (χ2n) is 14.5. The van der Waals surface area contributed by atoms with E-state index in [9.17, 15) is 24.9 Å². The van der Waals surface area contributed by atoms with Gasteiger partial charge in [0, 0.05) is 65.2 Å². The molecule has 12 heteroatoms. The number of esters is 1. The van der Waals surface area contributed by atoms with Crippen LogP contribution in [0.25, 0.3) is 0 Å². The van der Waals surface area contributed by atoms with E-state index in [-0.39, 0.29) is 36.9 Å². The number of aliphatic hydroxyl groups is 3. The smallest absolute Gasteiger partial charge is 0.410 e. The number of allylic oxidation sites excluding steroid dienone is 2. The Kier molecular flexibility index (Phi) is 15.8. The molecular weight excluding hydrogens is 632 g/mol. The number of carbonyl (C=O) groups excluding carboxylic acids is 2. The van der Waals surface area contributed by atoms with Crippen molar-refractivity contribution in [3.8, 4) is 0 Å². The zero-order valence-corrected chi connectivity index (χ0v) is 30.9. The summed E-state index contributed by atoms with van der Waals surface area (Å²) >= 11 is 0. The fourth-order valence-corrected chi connectivity index (χ4v) is 6.57. The van der Waals surface area contributed by atoms with Gasteiger partial charge < -0.3 is 43.9 Å². The number of carbonyl (C=O) groups is 2. The molecule has 0 bridgehead atoms. The largest absolute Gasteiger partial charge is 0.457 e. The lowest BCUT2D eigenvalue weighted by molar-refractivity contribution is -0.151. The van der Waals surface area contributed by atoms with Gasteiger partial charge in [0.05, 0.1) is 43.0 Å². The highest BCUT2D eigenvalue weighted by molar-refractivity contribution is 5.70. The quantitative estimate of drug-likeness (QED) is 0.112. The summed E-state index contributed by atoms with van der Waals surface area (Å²) in [6.07, 6.45) is 6.86. The van der Waals surface area contributed by atoms with Crippen LogP contribution < -0.4 is 0 Å². The molecule has 3 N–H and O–H groups in total. The Morgan fingerprint density at radius 3 is 2.55 bits per heavy atom. The standard InChI is InChI=1S/C37H62N2O10/c1-9-29(41)27(4)34-30(47-34)24-36(5,44)15-10-11-25(2)33-26(3)12-13-31(37(6,46-8)16-14-28(40)23-32(42)49-33)48-35(43)39-19-17-38(18-20-39)21-22-45-7/h10-13,15,26-31,33-34,40-41,44H,9,14,16-24H2,1-8H3/b13-12+,15-10+,25-11+. The number of epoxide rings is 1. The van der Waals surface area contributed by atoms with Crippen LogP contribution in [0.3, 0.4) is 0 Å². The highest BCUT2D eigenvalue weighted by Gasteiger charge is 2.47. The van der Waals surface area contributed by atoms with Crippen LogP contribution in [0.1, 0.15) is 73.6 Å². The van der Waals surface area contributed by atoms with Crippen molar-refractivity contribution in [3.63, 3.8) is 0 Å². The maximum atomic E-state index is 13.4. The maximum Gasteiger partial charge on any atom is 0.410 e. The number of aliphatic hydroxyl groups excluding tert-OH is 2. The predicted molar refractivity (Wildman–Crippen MR) is 186 cm³/mol. The van der Waals surface area contributed by atoms with Gasteiger partial charge >= 0.3 is 12.1 Å². The molecule has 0 aromatic rings. The van der Waals surface area contributed by atoms with Gasteiger partial charge in [0.25, 0.3) is 0 Å². The molecule has 2 saturated heterocycles. The van der Waals surface area contributed by atoms with Crippen molar-refractivity contribution < 1.29 is 48.6 Å².